The van der Waals surface area contributed by atoms with E-state index in [1.54, 1.807) is 0 Å². The van der Waals surface area contributed by atoms with E-state index < -0.39 is 0 Å². The summed E-state index contributed by atoms with van der Waals surface area (Å²) in [4.78, 5) is 6.95. The summed E-state index contributed by atoms with van der Waals surface area (Å²) >= 11 is 0. The van der Waals surface area contributed by atoms with Gasteiger partial charge >= 0.3 is 0 Å². The minimum Gasteiger partial charge on any atom is -0.392 e. The number of nitrogens with zero attached hydrogens (tertiary/aromatic N) is 2. The van der Waals surface area contributed by atoms with Crippen molar-refractivity contribution in [3.05, 3.63) is 53.2 Å². The quantitative estimate of drug-likeness (QED) is 0.907. The Balaban J connectivity index is 2.07. The van der Waals surface area contributed by atoms with E-state index in [9.17, 15) is 5.11 Å². The number of pyridine rings is 1. The summed E-state index contributed by atoms with van der Waals surface area (Å²) in [6.07, 6.45) is 3.51. The first-order valence-corrected chi connectivity index (χ1v) is 7.22. The molecule has 1 aliphatic heterocycles. The van der Waals surface area contributed by atoms with Gasteiger partial charge in [-0.25, -0.2) is 4.98 Å². The summed E-state index contributed by atoms with van der Waals surface area (Å²) in [5.74, 6) is 0.948. The van der Waals surface area contributed by atoms with E-state index in [2.05, 4.69) is 34.1 Å². The fraction of sp³-hybridized carbons (Fsp3) is 0.353. The molecule has 0 aliphatic carbocycles. The van der Waals surface area contributed by atoms with E-state index in [0.29, 0.717) is 0 Å². The predicted octanol–water partition coefficient (Wildman–Crippen LogP) is 3.36. The molecule has 3 nitrogen and oxygen atoms in total. The molecular weight excluding hydrogens is 248 g/mol. The van der Waals surface area contributed by atoms with Crippen molar-refractivity contribution in [2.24, 2.45) is 0 Å². The normalized spacial score (nSPS) is 14.8. The van der Waals surface area contributed by atoms with Crippen LogP contribution in [0.4, 0.5) is 11.5 Å². The van der Waals surface area contributed by atoms with E-state index >= 15 is 0 Å². The molecule has 1 N–H and O–H groups in total. The molecule has 0 atom stereocenters. The molecule has 0 unspecified atom stereocenters. The SMILES string of the molecule is Cc1cc(CO)cc(N2CCCCc3ccccc32)n1. The van der Waals surface area contributed by atoms with Crippen molar-refractivity contribution in [1.29, 1.82) is 0 Å². The van der Waals surface area contributed by atoms with Gasteiger partial charge in [0.2, 0.25) is 0 Å². The van der Waals surface area contributed by atoms with Crippen LogP contribution in [-0.4, -0.2) is 16.6 Å². The second-order valence-electron chi connectivity index (χ2n) is 5.37. The minimum absolute atomic E-state index is 0.0614. The Morgan fingerprint density at radius 3 is 2.90 bits per heavy atom. The fourth-order valence-electron chi connectivity index (χ4n) is 2.88. The Morgan fingerprint density at radius 2 is 2.05 bits per heavy atom. The van der Waals surface area contributed by atoms with Crippen LogP contribution in [-0.2, 0) is 13.0 Å². The van der Waals surface area contributed by atoms with Gasteiger partial charge in [0.1, 0.15) is 5.82 Å². The van der Waals surface area contributed by atoms with Crippen LogP contribution in [0.2, 0.25) is 0 Å². The molecule has 0 radical (unpaired) electrons. The van der Waals surface area contributed by atoms with Gasteiger partial charge in [-0.05, 0) is 55.5 Å². The molecule has 1 aliphatic rings. The van der Waals surface area contributed by atoms with Gasteiger partial charge in [0.15, 0.2) is 0 Å². The van der Waals surface area contributed by atoms with Gasteiger partial charge in [-0.2, -0.15) is 0 Å². The Morgan fingerprint density at radius 1 is 1.20 bits per heavy atom. The Bertz CT molecular complexity index is 610. The van der Waals surface area contributed by atoms with E-state index in [-0.39, 0.29) is 6.61 Å². The summed E-state index contributed by atoms with van der Waals surface area (Å²) in [5.41, 5.74) is 4.52. The van der Waals surface area contributed by atoms with Gasteiger partial charge in [-0.15, -0.1) is 0 Å². The number of fused-ring (bicyclic) bond motifs is 1. The summed E-state index contributed by atoms with van der Waals surface area (Å²) in [6, 6.07) is 12.5. The zero-order chi connectivity index (χ0) is 13.9. The molecule has 0 bridgehead atoms. The maximum absolute atomic E-state index is 9.39. The monoisotopic (exact) mass is 268 g/mol. The highest BCUT2D eigenvalue weighted by Crippen LogP contribution is 2.32. The zero-order valence-corrected chi connectivity index (χ0v) is 11.8. The number of aliphatic hydroxyl groups excluding tert-OH is 1. The van der Waals surface area contributed by atoms with Crippen molar-refractivity contribution in [3.8, 4) is 0 Å². The first-order chi connectivity index (χ1) is 9.78. The van der Waals surface area contributed by atoms with Crippen molar-refractivity contribution in [3.63, 3.8) is 0 Å². The van der Waals surface area contributed by atoms with Crippen molar-refractivity contribution in [2.45, 2.75) is 32.8 Å². The van der Waals surface area contributed by atoms with Crippen molar-refractivity contribution >= 4 is 11.5 Å². The molecule has 0 fully saturated rings. The van der Waals surface area contributed by atoms with Crippen LogP contribution in [0.1, 0.15) is 29.7 Å². The molecule has 2 aromatic rings. The van der Waals surface area contributed by atoms with Crippen LogP contribution < -0.4 is 4.90 Å². The first-order valence-electron chi connectivity index (χ1n) is 7.22. The lowest BCUT2D eigenvalue weighted by Crippen LogP contribution is -2.19. The van der Waals surface area contributed by atoms with Crippen LogP contribution in [0, 0.1) is 6.92 Å². The first kappa shape index (κ1) is 13.1. The van der Waals surface area contributed by atoms with Crippen LogP contribution in [0.25, 0.3) is 0 Å². The van der Waals surface area contributed by atoms with Crippen molar-refractivity contribution < 1.29 is 5.11 Å². The molecule has 0 amide bonds. The van der Waals surface area contributed by atoms with Gasteiger partial charge in [0, 0.05) is 17.9 Å². The second-order valence-corrected chi connectivity index (χ2v) is 5.37. The largest absolute Gasteiger partial charge is 0.392 e. The van der Waals surface area contributed by atoms with Crippen molar-refractivity contribution in [1.82, 2.24) is 4.98 Å². The molecule has 2 heterocycles. The number of aliphatic hydroxyl groups is 1. The van der Waals surface area contributed by atoms with Crippen LogP contribution in [0.3, 0.4) is 0 Å². The molecule has 3 rings (SSSR count). The Labute approximate surface area is 119 Å². The fourth-order valence-corrected chi connectivity index (χ4v) is 2.88. The van der Waals surface area contributed by atoms with E-state index in [1.165, 1.54) is 24.1 Å². The summed E-state index contributed by atoms with van der Waals surface area (Å²) in [5, 5.41) is 9.39. The number of aromatic nitrogens is 1. The lowest BCUT2D eigenvalue weighted by atomic mass is 10.1. The third-order valence-electron chi connectivity index (χ3n) is 3.82. The molecule has 0 saturated carbocycles. The summed E-state index contributed by atoms with van der Waals surface area (Å²) in [6.45, 7) is 3.02. The maximum atomic E-state index is 9.39. The van der Waals surface area contributed by atoms with E-state index in [1.807, 2.05) is 19.1 Å². The number of hydrogen-bond donors (Lipinski definition) is 1. The average Bonchev–Trinajstić information content (AvgIpc) is 2.69. The maximum Gasteiger partial charge on any atom is 0.133 e. The number of aryl methyl sites for hydroxylation is 2. The van der Waals surface area contributed by atoms with Crippen LogP contribution in [0.5, 0.6) is 0 Å². The summed E-state index contributed by atoms with van der Waals surface area (Å²) in [7, 11) is 0. The topological polar surface area (TPSA) is 36.4 Å². The zero-order valence-electron chi connectivity index (χ0n) is 11.8. The number of benzene rings is 1. The third-order valence-corrected chi connectivity index (χ3v) is 3.82. The molecular formula is C17H20N2O. The molecule has 104 valence electrons. The Kier molecular flexibility index (Phi) is 3.70. The highest BCUT2D eigenvalue weighted by molar-refractivity contribution is 5.65. The lowest BCUT2D eigenvalue weighted by Gasteiger charge is -2.24. The molecule has 3 heteroatoms. The third kappa shape index (κ3) is 2.54. The van der Waals surface area contributed by atoms with E-state index in [0.717, 1.165) is 30.0 Å². The number of anilines is 2. The molecule has 0 spiro atoms. The number of hydrogen-bond acceptors (Lipinski definition) is 3. The van der Waals surface area contributed by atoms with Crippen LogP contribution in [0.15, 0.2) is 36.4 Å². The van der Waals surface area contributed by atoms with E-state index in [4.69, 9.17) is 0 Å². The van der Waals surface area contributed by atoms with Crippen molar-refractivity contribution in [2.75, 3.05) is 11.4 Å². The number of para-hydroxylation sites is 1. The molecule has 0 saturated heterocycles. The molecule has 20 heavy (non-hydrogen) atoms. The second kappa shape index (κ2) is 5.63. The van der Waals surface area contributed by atoms with Gasteiger partial charge < -0.3 is 10.0 Å². The van der Waals surface area contributed by atoms with Gasteiger partial charge in [-0.1, -0.05) is 18.2 Å². The predicted molar refractivity (Wildman–Crippen MR) is 81.3 cm³/mol. The summed E-state index contributed by atoms with van der Waals surface area (Å²) < 4.78 is 0. The molecule has 1 aromatic heterocycles. The highest BCUT2D eigenvalue weighted by Gasteiger charge is 2.17. The minimum atomic E-state index is 0.0614. The molecule has 1 aromatic carbocycles. The smallest absolute Gasteiger partial charge is 0.133 e. The van der Waals surface area contributed by atoms with Gasteiger partial charge in [-0.3, -0.25) is 0 Å². The number of rotatable bonds is 2. The standard InChI is InChI=1S/C17H20N2O/c1-13-10-14(12-20)11-17(18-13)19-9-5-4-7-15-6-2-3-8-16(15)19/h2-3,6,8,10-11,20H,4-5,7,9,12H2,1H3. The van der Waals surface area contributed by atoms with Crippen LogP contribution >= 0.6 is 0 Å². The van der Waals surface area contributed by atoms with Gasteiger partial charge in [0.05, 0.1) is 6.61 Å². The van der Waals surface area contributed by atoms with Gasteiger partial charge in [0.25, 0.3) is 0 Å². The highest BCUT2D eigenvalue weighted by atomic mass is 16.3. The Hall–Kier alpha value is -1.87. The average molecular weight is 268 g/mol. The lowest BCUT2D eigenvalue weighted by molar-refractivity contribution is 0.281.